The first kappa shape index (κ1) is 15.8. The van der Waals surface area contributed by atoms with Gasteiger partial charge in [-0.05, 0) is 30.9 Å². The van der Waals surface area contributed by atoms with Crippen LogP contribution in [0.15, 0.2) is 12.1 Å². The summed E-state index contributed by atoms with van der Waals surface area (Å²) in [5.74, 6) is 0.144. The van der Waals surface area contributed by atoms with Gasteiger partial charge >= 0.3 is 5.97 Å². The highest BCUT2D eigenvalue weighted by molar-refractivity contribution is 5.88. The molecule has 1 heterocycles. The Kier molecular flexibility index (Phi) is 5.21. The zero-order valence-electron chi connectivity index (χ0n) is 13.3. The minimum atomic E-state index is -0.880. The summed E-state index contributed by atoms with van der Waals surface area (Å²) in [6, 6.07) is 3.88. The SMILES string of the molecule is CC(C)c1cc(C(=O)O)cc(N(C)C2CCCCCC2)n1. The Labute approximate surface area is 127 Å². The number of hydrogen-bond donors (Lipinski definition) is 1. The molecule has 4 heteroatoms. The maximum atomic E-state index is 11.3. The van der Waals surface area contributed by atoms with Crippen molar-refractivity contribution in [3.05, 3.63) is 23.4 Å². The van der Waals surface area contributed by atoms with E-state index in [9.17, 15) is 9.90 Å². The van der Waals surface area contributed by atoms with Crippen LogP contribution in [0.3, 0.4) is 0 Å². The van der Waals surface area contributed by atoms with E-state index in [2.05, 4.69) is 9.88 Å². The fourth-order valence-corrected chi connectivity index (χ4v) is 2.97. The number of aromatic carboxylic acids is 1. The van der Waals surface area contributed by atoms with Gasteiger partial charge in [0.2, 0.25) is 0 Å². The molecule has 0 bridgehead atoms. The lowest BCUT2D eigenvalue weighted by atomic mass is 10.1. The minimum absolute atomic E-state index is 0.227. The van der Waals surface area contributed by atoms with Gasteiger partial charge in [-0.2, -0.15) is 0 Å². The third-order valence-corrected chi connectivity index (χ3v) is 4.40. The van der Waals surface area contributed by atoms with E-state index in [4.69, 9.17) is 0 Å². The van der Waals surface area contributed by atoms with Crippen LogP contribution in [0, 0.1) is 0 Å². The largest absolute Gasteiger partial charge is 0.478 e. The van der Waals surface area contributed by atoms with E-state index in [1.807, 2.05) is 20.9 Å². The first-order valence-corrected chi connectivity index (χ1v) is 7.97. The summed E-state index contributed by atoms with van der Waals surface area (Å²) in [4.78, 5) is 18.2. The number of rotatable bonds is 4. The van der Waals surface area contributed by atoms with Gasteiger partial charge in [0.15, 0.2) is 0 Å². The molecule has 2 rings (SSSR count). The summed E-state index contributed by atoms with van der Waals surface area (Å²) in [6.07, 6.45) is 7.47. The van der Waals surface area contributed by atoms with Crippen LogP contribution in [0.25, 0.3) is 0 Å². The van der Waals surface area contributed by atoms with Gasteiger partial charge in [-0.1, -0.05) is 39.5 Å². The quantitative estimate of drug-likeness (QED) is 0.850. The molecular formula is C17H26N2O2. The molecule has 1 aromatic heterocycles. The lowest BCUT2D eigenvalue weighted by molar-refractivity contribution is 0.0696. The van der Waals surface area contributed by atoms with Crippen molar-refractivity contribution in [1.82, 2.24) is 4.98 Å². The molecule has 0 aromatic carbocycles. The van der Waals surface area contributed by atoms with Crippen molar-refractivity contribution in [1.29, 1.82) is 0 Å². The molecule has 1 fully saturated rings. The highest BCUT2D eigenvalue weighted by Crippen LogP contribution is 2.26. The van der Waals surface area contributed by atoms with Crippen LogP contribution in [0.4, 0.5) is 5.82 Å². The average Bonchev–Trinajstić information content (AvgIpc) is 2.74. The Balaban J connectivity index is 2.30. The maximum absolute atomic E-state index is 11.3. The summed E-state index contributed by atoms with van der Waals surface area (Å²) >= 11 is 0. The second kappa shape index (κ2) is 6.92. The normalized spacial score (nSPS) is 16.8. The predicted molar refractivity (Wildman–Crippen MR) is 85.2 cm³/mol. The molecule has 1 aliphatic rings. The van der Waals surface area contributed by atoms with Gasteiger partial charge < -0.3 is 10.0 Å². The zero-order valence-corrected chi connectivity index (χ0v) is 13.3. The van der Waals surface area contributed by atoms with E-state index >= 15 is 0 Å². The molecule has 1 N–H and O–H groups in total. The molecule has 21 heavy (non-hydrogen) atoms. The smallest absolute Gasteiger partial charge is 0.335 e. The molecule has 0 atom stereocenters. The van der Waals surface area contributed by atoms with Crippen molar-refractivity contribution in [2.45, 2.75) is 64.3 Å². The third kappa shape index (κ3) is 3.96. The molecule has 4 nitrogen and oxygen atoms in total. The van der Waals surface area contributed by atoms with E-state index in [-0.39, 0.29) is 5.92 Å². The second-order valence-corrected chi connectivity index (χ2v) is 6.36. The van der Waals surface area contributed by atoms with Gasteiger partial charge in [0.1, 0.15) is 5.82 Å². The topological polar surface area (TPSA) is 53.4 Å². The number of hydrogen-bond acceptors (Lipinski definition) is 3. The highest BCUT2D eigenvalue weighted by Gasteiger charge is 2.20. The number of pyridine rings is 1. The van der Waals surface area contributed by atoms with Gasteiger partial charge in [0, 0.05) is 18.8 Å². The average molecular weight is 290 g/mol. The summed E-state index contributed by atoms with van der Waals surface area (Å²) < 4.78 is 0. The van der Waals surface area contributed by atoms with Crippen LogP contribution in [0.5, 0.6) is 0 Å². The zero-order chi connectivity index (χ0) is 15.4. The summed E-state index contributed by atoms with van der Waals surface area (Å²) in [6.45, 7) is 4.09. The number of carboxylic acids is 1. The van der Waals surface area contributed by atoms with Crippen LogP contribution in [0.2, 0.25) is 0 Å². The fraction of sp³-hybridized carbons (Fsp3) is 0.647. The highest BCUT2D eigenvalue weighted by atomic mass is 16.4. The standard InChI is InChI=1S/C17H26N2O2/c1-12(2)15-10-13(17(20)21)11-16(18-15)19(3)14-8-6-4-5-7-9-14/h10-12,14H,4-9H2,1-3H3,(H,20,21). The Morgan fingerprint density at radius 3 is 2.38 bits per heavy atom. The number of aromatic nitrogens is 1. The number of anilines is 1. The fourth-order valence-electron chi connectivity index (χ4n) is 2.97. The molecule has 0 amide bonds. The second-order valence-electron chi connectivity index (χ2n) is 6.36. The van der Waals surface area contributed by atoms with Crippen LogP contribution < -0.4 is 4.90 Å². The third-order valence-electron chi connectivity index (χ3n) is 4.40. The monoisotopic (exact) mass is 290 g/mol. The Morgan fingerprint density at radius 1 is 1.24 bits per heavy atom. The van der Waals surface area contributed by atoms with Crippen molar-refractivity contribution in [2.24, 2.45) is 0 Å². The molecule has 0 unspecified atom stereocenters. The van der Waals surface area contributed by atoms with Crippen molar-refractivity contribution >= 4 is 11.8 Å². The minimum Gasteiger partial charge on any atom is -0.478 e. The van der Waals surface area contributed by atoms with E-state index in [0.717, 1.165) is 11.5 Å². The van der Waals surface area contributed by atoms with Gasteiger partial charge in [-0.15, -0.1) is 0 Å². The Hall–Kier alpha value is -1.58. The molecule has 0 spiro atoms. The van der Waals surface area contributed by atoms with Crippen molar-refractivity contribution < 1.29 is 9.90 Å². The number of nitrogens with zero attached hydrogens (tertiary/aromatic N) is 2. The maximum Gasteiger partial charge on any atom is 0.335 e. The molecule has 1 aromatic rings. The van der Waals surface area contributed by atoms with Gasteiger partial charge in [0.05, 0.1) is 5.56 Å². The summed E-state index contributed by atoms with van der Waals surface area (Å²) in [7, 11) is 2.05. The lowest BCUT2D eigenvalue weighted by Gasteiger charge is -2.29. The molecule has 0 aliphatic heterocycles. The molecule has 1 aliphatic carbocycles. The molecule has 1 saturated carbocycles. The van der Waals surface area contributed by atoms with Gasteiger partial charge in [-0.25, -0.2) is 9.78 Å². The van der Waals surface area contributed by atoms with Gasteiger partial charge in [0.25, 0.3) is 0 Å². The summed E-state index contributed by atoms with van der Waals surface area (Å²) in [5, 5.41) is 9.31. The van der Waals surface area contributed by atoms with Crippen LogP contribution in [-0.2, 0) is 0 Å². The first-order valence-electron chi connectivity index (χ1n) is 7.97. The molecule has 0 saturated heterocycles. The predicted octanol–water partition coefficient (Wildman–Crippen LogP) is 4.06. The molecule has 116 valence electrons. The van der Waals surface area contributed by atoms with E-state index < -0.39 is 5.97 Å². The van der Waals surface area contributed by atoms with E-state index in [1.165, 1.54) is 38.5 Å². The van der Waals surface area contributed by atoms with Gasteiger partial charge in [-0.3, -0.25) is 0 Å². The number of carbonyl (C=O) groups is 1. The summed E-state index contributed by atoms with van der Waals surface area (Å²) in [5.41, 5.74) is 1.19. The van der Waals surface area contributed by atoms with Crippen molar-refractivity contribution in [2.75, 3.05) is 11.9 Å². The van der Waals surface area contributed by atoms with E-state index in [1.54, 1.807) is 12.1 Å². The van der Waals surface area contributed by atoms with Crippen molar-refractivity contribution in [3.8, 4) is 0 Å². The Morgan fingerprint density at radius 2 is 1.86 bits per heavy atom. The molecular weight excluding hydrogens is 264 g/mol. The van der Waals surface area contributed by atoms with Crippen LogP contribution >= 0.6 is 0 Å². The van der Waals surface area contributed by atoms with Crippen LogP contribution in [0.1, 0.15) is 74.3 Å². The first-order chi connectivity index (χ1) is 9.99. The lowest BCUT2D eigenvalue weighted by Crippen LogP contribution is -2.32. The van der Waals surface area contributed by atoms with Crippen LogP contribution in [-0.4, -0.2) is 29.1 Å². The number of carboxylic acid groups (broad SMARTS) is 1. The Bertz CT molecular complexity index is 492. The van der Waals surface area contributed by atoms with E-state index in [0.29, 0.717) is 11.6 Å². The van der Waals surface area contributed by atoms with Crippen molar-refractivity contribution in [3.63, 3.8) is 0 Å². The molecule has 0 radical (unpaired) electrons.